The second-order valence-electron chi connectivity index (χ2n) is 6.15. The van der Waals surface area contributed by atoms with Crippen molar-refractivity contribution in [3.8, 4) is 0 Å². The van der Waals surface area contributed by atoms with E-state index in [2.05, 4.69) is 39.5 Å². The van der Waals surface area contributed by atoms with Crippen molar-refractivity contribution < 1.29 is 4.92 Å². The van der Waals surface area contributed by atoms with E-state index in [-0.39, 0.29) is 16.8 Å². The van der Waals surface area contributed by atoms with Gasteiger partial charge in [-0.3, -0.25) is 10.1 Å². The Labute approximate surface area is 152 Å². The second kappa shape index (κ2) is 5.90. The zero-order chi connectivity index (χ0) is 16.8. The third-order valence-electron chi connectivity index (χ3n) is 4.87. The van der Waals surface area contributed by atoms with Gasteiger partial charge in [-0.25, -0.2) is 0 Å². The average Bonchev–Trinajstić information content (AvgIpc) is 3.05. The van der Waals surface area contributed by atoms with Crippen molar-refractivity contribution in [2.24, 2.45) is 5.92 Å². The maximum absolute atomic E-state index is 11.2. The third-order valence-corrected chi connectivity index (χ3v) is 5.85. The standard InChI is InChI=1S/C18H14BrClN2O2/c19-14-6-2-5-13-11-3-1-4-12(11)17(21-18(13)14)10-7-8-15(20)16(9-10)22(23)24/h1-3,5-9,11-12,17,21H,4H2/t11-,12+,17-/m0/s1. The number of nitro groups is 1. The van der Waals surface area contributed by atoms with E-state index in [1.54, 1.807) is 12.1 Å². The number of hydrogen-bond acceptors (Lipinski definition) is 3. The molecule has 4 nitrogen and oxygen atoms in total. The zero-order valence-corrected chi connectivity index (χ0v) is 14.9. The van der Waals surface area contributed by atoms with Crippen LogP contribution in [0.3, 0.4) is 0 Å². The maximum atomic E-state index is 11.2. The molecule has 0 amide bonds. The quantitative estimate of drug-likeness (QED) is 0.388. The molecule has 2 aromatic carbocycles. The first-order valence-corrected chi connectivity index (χ1v) is 8.89. The Balaban J connectivity index is 1.81. The van der Waals surface area contributed by atoms with Crippen molar-refractivity contribution in [1.82, 2.24) is 0 Å². The maximum Gasteiger partial charge on any atom is 0.288 e. The van der Waals surface area contributed by atoms with Gasteiger partial charge in [-0.1, -0.05) is 42.0 Å². The van der Waals surface area contributed by atoms with Crippen molar-refractivity contribution in [3.63, 3.8) is 0 Å². The molecule has 0 aromatic heterocycles. The summed E-state index contributed by atoms with van der Waals surface area (Å²) in [5.74, 6) is 0.658. The van der Waals surface area contributed by atoms with E-state index in [1.165, 1.54) is 5.56 Å². The van der Waals surface area contributed by atoms with Crippen LogP contribution in [0.1, 0.15) is 29.5 Å². The van der Waals surface area contributed by atoms with Gasteiger partial charge in [0.2, 0.25) is 0 Å². The molecule has 6 heteroatoms. The highest BCUT2D eigenvalue weighted by Crippen LogP contribution is 2.51. The number of hydrogen-bond donors (Lipinski definition) is 1. The lowest BCUT2D eigenvalue weighted by molar-refractivity contribution is -0.384. The monoisotopic (exact) mass is 404 g/mol. The zero-order valence-electron chi connectivity index (χ0n) is 12.6. The molecule has 0 saturated heterocycles. The number of rotatable bonds is 2. The molecule has 2 aromatic rings. The predicted molar refractivity (Wildman–Crippen MR) is 98.6 cm³/mol. The summed E-state index contributed by atoms with van der Waals surface area (Å²) in [5, 5.41) is 15.0. The first-order chi connectivity index (χ1) is 11.6. The molecule has 0 saturated carbocycles. The molecule has 0 bridgehead atoms. The Hall–Kier alpha value is -1.85. The van der Waals surface area contributed by atoms with E-state index in [0.29, 0.717) is 11.8 Å². The van der Waals surface area contributed by atoms with Crippen molar-refractivity contribution in [2.45, 2.75) is 18.4 Å². The number of halogens is 2. The Morgan fingerprint density at radius 3 is 2.92 bits per heavy atom. The molecule has 3 atom stereocenters. The lowest BCUT2D eigenvalue weighted by atomic mass is 9.77. The highest BCUT2D eigenvalue weighted by Gasteiger charge is 2.39. The lowest BCUT2D eigenvalue weighted by Gasteiger charge is -2.38. The van der Waals surface area contributed by atoms with Crippen LogP contribution in [-0.2, 0) is 0 Å². The topological polar surface area (TPSA) is 55.2 Å². The van der Waals surface area contributed by atoms with Gasteiger partial charge in [0.25, 0.3) is 5.69 Å². The van der Waals surface area contributed by atoms with E-state index in [9.17, 15) is 10.1 Å². The molecule has 24 heavy (non-hydrogen) atoms. The van der Waals surface area contributed by atoms with Gasteiger partial charge in [0, 0.05) is 16.5 Å². The largest absolute Gasteiger partial charge is 0.377 e. The molecule has 0 fully saturated rings. The van der Waals surface area contributed by atoms with E-state index in [1.807, 2.05) is 18.2 Å². The van der Waals surface area contributed by atoms with E-state index < -0.39 is 4.92 Å². The minimum absolute atomic E-state index is 0.00664. The van der Waals surface area contributed by atoms with Gasteiger partial charge in [0.05, 0.1) is 16.7 Å². The summed E-state index contributed by atoms with van der Waals surface area (Å²) in [6.45, 7) is 0. The molecule has 4 rings (SSSR count). The van der Waals surface area contributed by atoms with E-state index in [0.717, 1.165) is 22.1 Å². The van der Waals surface area contributed by atoms with Crippen LogP contribution in [0.25, 0.3) is 0 Å². The van der Waals surface area contributed by atoms with Crippen LogP contribution in [0.15, 0.2) is 53.0 Å². The fraction of sp³-hybridized carbons (Fsp3) is 0.222. The van der Waals surface area contributed by atoms with Crippen molar-refractivity contribution in [1.29, 1.82) is 0 Å². The number of nitrogens with one attached hydrogen (secondary N) is 1. The first kappa shape index (κ1) is 15.7. The van der Waals surface area contributed by atoms with Crippen LogP contribution in [-0.4, -0.2) is 4.92 Å². The van der Waals surface area contributed by atoms with Crippen LogP contribution in [0, 0.1) is 16.0 Å². The molecule has 0 radical (unpaired) electrons. The Morgan fingerprint density at radius 1 is 1.29 bits per heavy atom. The molecule has 0 unspecified atom stereocenters. The van der Waals surface area contributed by atoms with Crippen LogP contribution in [0.4, 0.5) is 11.4 Å². The highest BCUT2D eigenvalue weighted by atomic mass is 79.9. The van der Waals surface area contributed by atoms with Gasteiger partial charge in [-0.05, 0) is 51.5 Å². The molecular formula is C18H14BrClN2O2. The summed E-state index contributed by atoms with van der Waals surface area (Å²) >= 11 is 9.58. The molecule has 1 aliphatic carbocycles. The van der Waals surface area contributed by atoms with Gasteiger partial charge in [-0.2, -0.15) is 0 Å². The second-order valence-corrected chi connectivity index (χ2v) is 7.41. The van der Waals surface area contributed by atoms with Crippen molar-refractivity contribution in [2.75, 3.05) is 5.32 Å². The average molecular weight is 406 g/mol. The number of para-hydroxylation sites is 1. The Bertz CT molecular complexity index is 868. The molecular weight excluding hydrogens is 392 g/mol. The van der Waals surface area contributed by atoms with Crippen LogP contribution in [0.5, 0.6) is 0 Å². The van der Waals surface area contributed by atoms with Crippen LogP contribution in [0.2, 0.25) is 5.02 Å². The van der Waals surface area contributed by atoms with Crippen molar-refractivity contribution >= 4 is 38.9 Å². The fourth-order valence-electron chi connectivity index (χ4n) is 3.78. The molecule has 0 spiro atoms. The minimum Gasteiger partial charge on any atom is -0.377 e. The Kier molecular flexibility index (Phi) is 3.85. The van der Waals surface area contributed by atoms with Gasteiger partial charge < -0.3 is 5.32 Å². The van der Waals surface area contributed by atoms with Gasteiger partial charge >= 0.3 is 0 Å². The number of fused-ring (bicyclic) bond motifs is 3. The molecule has 1 heterocycles. The van der Waals surface area contributed by atoms with E-state index >= 15 is 0 Å². The number of anilines is 1. The summed E-state index contributed by atoms with van der Waals surface area (Å²) in [6.07, 6.45) is 5.39. The summed E-state index contributed by atoms with van der Waals surface area (Å²) in [5.41, 5.74) is 3.18. The summed E-state index contributed by atoms with van der Waals surface area (Å²) < 4.78 is 1.01. The van der Waals surface area contributed by atoms with E-state index in [4.69, 9.17) is 11.6 Å². The minimum atomic E-state index is -0.428. The van der Waals surface area contributed by atoms with Gasteiger partial charge in [0.15, 0.2) is 0 Å². The van der Waals surface area contributed by atoms with Crippen LogP contribution < -0.4 is 5.32 Å². The Morgan fingerprint density at radius 2 is 2.12 bits per heavy atom. The lowest BCUT2D eigenvalue weighted by Crippen LogP contribution is -2.29. The number of nitrogens with zero attached hydrogens (tertiary/aromatic N) is 1. The third kappa shape index (κ3) is 2.43. The fourth-order valence-corrected chi connectivity index (χ4v) is 4.46. The van der Waals surface area contributed by atoms with Gasteiger partial charge in [-0.15, -0.1) is 0 Å². The molecule has 122 valence electrons. The number of benzene rings is 2. The highest BCUT2D eigenvalue weighted by molar-refractivity contribution is 9.10. The normalized spacial score (nSPS) is 24.2. The SMILES string of the molecule is O=[N+]([O-])c1cc([C@@H]2Nc3c(Br)cccc3[C@H]3C=CC[C@H]32)ccc1Cl. The van der Waals surface area contributed by atoms with Crippen LogP contribution >= 0.6 is 27.5 Å². The molecule has 1 N–H and O–H groups in total. The molecule has 1 aliphatic heterocycles. The first-order valence-electron chi connectivity index (χ1n) is 7.71. The predicted octanol–water partition coefficient (Wildman–Crippen LogP) is 5.84. The number of nitro benzene ring substituents is 1. The van der Waals surface area contributed by atoms with Gasteiger partial charge in [0.1, 0.15) is 5.02 Å². The summed E-state index contributed by atoms with van der Waals surface area (Å²) in [4.78, 5) is 10.8. The number of allylic oxidation sites excluding steroid dienone is 2. The summed E-state index contributed by atoms with van der Waals surface area (Å²) in [6, 6.07) is 11.3. The van der Waals surface area contributed by atoms with Crippen molar-refractivity contribution in [3.05, 3.63) is 79.3 Å². The smallest absolute Gasteiger partial charge is 0.288 e. The summed E-state index contributed by atoms with van der Waals surface area (Å²) in [7, 11) is 0. The molecule has 2 aliphatic rings.